The zero-order chi connectivity index (χ0) is 35.7. The number of urea groups is 1. The van der Waals surface area contributed by atoms with Crippen molar-refractivity contribution in [1.82, 2.24) is 29.2 Å². The van der Waals surface area contributed by atoms with Gasteiger partial charge in [-0.05, 0) is 86.1 Å². The average Bonchev–Trinajstić information content (AvgIpc) is 3.54. The van der Waals surface area contributed by atoms with E-state index in [1.807, 2.05) is 35.2 Å². The SMILES string of the molecule is CS(=O)(=O)N1CCC(C2CCN(C(=O)[C@@H](Cc3cc(Cl)c4[nH]ncc4c3)OC(=O)N3CCC(N4CCc5ccccc5NC4=O)CC3)CC2)CC1. The summed E-state index contributed by atoms with van der Waals surface area (Å²) in [7, 11) is -3.18. The Balaban J connectivity index is 0.985. The third-order valence-corrected chi connectivity index (χ3v) is 12.9. The van der Waals surface area contributed by atoms with Gasteiger partial charge in [-0.3, -0.25) is 9.89 Å². The number of H-pyrrole nitrogens is 1. The molecule has 274 valence electrons. The molecular formula is C36H46ClN7O6S. The zero-order valence-corrected chi connectivity index (χ0v) is 30.5. The molecule has 15 heteroatoms. The van der Waals surface area contributed by atoms with Crippen LogP contribution in [0.2, 0.25) is 5.02 Å². The number of para-hydroxylation sites is 1. The Labute approximate surface area is 303 Å². The van der Waals surface area contributed by atoms with Gasteiger partial charge in [0.2, 0.25) is 10.0 Å². The van der Waals surface area contributed by atoms with Crippen molar-refractivity contribution in [3.05, 3.63) is 58.7 Å². The van der Waals surface area contributed by atoms with E-state index in [4.69, 9.17) is 16.3 Å². The number of fused-ring (bicyclic) bond motifs is 2. The van der Waals surface area contributed by atoms with Gasteiger partial charge in [-0.25, -0.2) is 22.3 Å². The number of amides is 4. The third kappa shape index (κ3) is 7.97. The summed E-state index contributed by atoms with van der Waals surface area (Å²) in [5, 5.41) is 11.3. The Kier molecular flexibility index (Phi) is 10.4. The fourth-order valence-corrected chi connectivity index (χ4v) is 9.52. The van der Waals surface area contributed by atoms with Crippen LogP contribution in [0.25, 0.3) is 10.9 Å². The number of nitrogens with one attached hydrogen (secondary N) is 2. The maximum atomic E-state index is 14.1. The van der Waals surface area contributed by atoms with Crippen molar-refractivity contribution in [3.63, 3.8) is 0 Å². The molecule has 0 spiro atoms. The van der Waals surface area contributed by atoms with Gasteiger partial charge in [-0.2, -0.15) is 5.10 Å². The zero-order valence-electron chi connectivity index (χ0n) is 28.9. The lowest BCUT2D eigenvalue weighted by Gasteiger charge is -2.40. The van der Waals surface area contributed by atoms with E-state index in [9.17, 15) is 22.8 Å². The number of carbonyl (C=O) groups excluding carboxylic acids is 3. The van der Waals surface area contributed by atoms with Gasteiger partial charge in [0.15, 0.2) is 6.10 Å². The number of nitrogens with zero attached hydrogens (tertiary/aromatic N) is 5. The van der Waals surface area contributed by atoms with E-state index >= 15 is 0 Å². The molecule has 51 heavy (non-hydrogen) atoms. The number of anilines is 1. The molecule has 3 saturated heterocycles. The van der Waals surface area contributed by atoms with Gasteiger partial charge in [-0.1, -0.05) is 29.8 Å². The minimum absolute atomic E-state index is 0.00970. The van der Waals surface area contributed by atoms with Gasteiger partial charge in [0.05, 0.1) is 23.0 Å². The van der Waals surface area contributed by atoms with Crippen LogP contribution >= 0.6 is 11.6 Å². The van der Waals surface area contributed by atoms with Gasteiger partial charge >= 0.3 is 12.1 Å². The van der Waals surface area contributed by atoms with Crippen molar-refractivity contribution in [2.75, 3.05) is 57.4 Å². The largest absolute Gasteiger partial charge is 0.436 e. The molecule has 4 amide bonds. The lowest BCUT2D eigenvalue weighted by molar-refractivity contribution is -0.142. The van der Waals surface area contributed by atoms with Crippen molar-refractivity contribution in [1.29, 1.82) is 0 Å². The summed E-state index contributed by atoms with van der Waals surface area (Å²) in [5.74, 6) is 0.616. The van der Waals surface area contributed by atoms with Gasteiger partial charge < -0.3 is 24.8 Å². The van der Waals surface area contributed by atoms with Gasteiger partial charge in [0.1, 0.15) is 0 Å². The number of sulfonamides is 1. The summed E-state index contributed by atoms with van der Waals surface area (Å²) in [5.41, 5.74) is 3.42. The summed E-state index contributed by atoms with van der Waals surface area (Å²) < 4.78 is 31.6. The van der Waals surface area contributed by atoms with E-state index in [2.05, 4.69) is 15.5 Å². The highest BCUT2D eigenvalue weighted by Crippen LogP contribution is 2.34. The summed E-state index contributed by atoms with van der Waals surface area (Å²) in [6.07, 6.45) is 6.81. The van der Waals surface area contributed by atoms with Crippen LogP contribution in [0.4, 0.5) is 15.3 Å². The van der Waals surface area contributed by atoms with E-state index < -0.39 is 22.2 Å². The lowest BCUT2D eigenvalue weighted by atomic mass is 9.79. The molecule has 7 rings (SSSR count). The molecule has 0 unspecified atom stereocenters. The fraction of sp³-hybridized carbons (Fsp3) is 0.556. The van der Waals surface area contributed by atoms with Crippen LogP contribution < -0.4 is 5.32 Å². The van der Waals surface area contributed by atoms with Crippen LogP contribution in [-0.2, 0) is 32.4 Å². The topological polar surface area (TPSA) is 148 Å². The minimum Gasteiger partial charge on any atom is -0.436 e. The molecule has 3 fully saturated rings. The quantitative estimate of drug-likeness (QED) is 0.356. The van der Waals surface area contributed by atoms with E-state index in [1.54, 1.807) is 26.4 Å². The number of benzene rings is 2. The Morgan fingerprint density at radius 3 is 2.31 bits per heavy atom. The number of rotatable bonds is 7. The first-order chi connectivity index (χ1) is 24.5. The second-order valence-corrected chi connectivity index (χ2v) is 16.8. The van der Waals surface area contributed by atoms with Crippen molar-refractivity contribution in [3.8, 4) is 0 Å². The molecule has 2 N–H and O–H groups in total. The molecule has 1 atom stereocenters. The van der Waals surface area contributed by atoms with Crippen molar-refractivity contribution >= 4 is 56.2 Å². The van der Waals surface area contributed by atoms with E-state index in [1.165, 1.54) is 6.26 Å². The second-order valence-electron chi connectivity index (χ2n) is 14.4. The Hall–Kier alpha value is -3.88. The van der Waals surface area contributed by atoms with E-state index in [0.717, 1.165) is 54.3 Å². The molecule has 13 nitrogen and oxygen atoms in total. The summed E-state index contributed by atoms with van der Waals surface area (Å²) in [4.78, 5) is 46.3. The molecule has 2 aromatic carbocycles. The number of aromatic nitrogens is 2. The van der Waals surface area contributed by atoms with Crippen molar-refractivity contribution in [2.45, 2.75) is 63.5 Å². The van der Waals surface area contributed by atoms with Crippen LogP contribution in [0.1, 0.15) is 49.7 Å². The maximum Gasteiger partial charge on any atom is 0.410 e. The predicted octanol–water partition coefficient (Wildman–Crippen LogP) is 4.73. The number of ether oxygens (including phenoxy) is 1. The normalized spacial score (nSPS) is 20.9. The van der Waals surface area contributed by atoms with Crippen LogP contribution in [-0.4, -0.2) is 120 Å². The number of halogens is 1. The highest BCUT2D eigenvalue weighted by atomic mass is 35.5. The molecule has 0 aliphatic carbocycles. The van der Waals surface area contributed by atoms with Gasteiger partial charge in [0, 0.05) is 69.3 Å². The first-order valence-electron chi connectivity index (χ1n) is 18.0. The Bertz CT molecular complexity index is 1860. The van der Waals surface area contributed by atoms with Crippen molar-refractivity contribution < 1.29 is 27.5 Å². The first kappa shape index (κ1) is 35.5. The molecule has 0 saturated carbocycles. The molecule has 0 bridgehead atoms. The van der Waals surface area contributed by atoms with Gasteiger partial charge in [0.25, 0.3) is 5.91 Å². The summed E-state index contributed by atoms with van der Waals surface area (Å²) in [6, 6.07) is 11.4. The highest BCUT2D eigenvalue weighted by Gasteiger charge is 2.37. The smallest absolute Gasteiger partial charge is 0.410 e. The second kappa shape index (κ2) is 15.0. The number of aromatic amines is 1. The summed E-state index contributed by atoms with van der Waals surface area (Å²) >= 11 is 6.54. The van der Waals surface area contributed by atoms with Crippen LogP contribution in [0.5, 0.6) is 0 Å². The van der Waals surface area contributed by atoms with Crippen LogP contribution in [0.3, 0.4) is 0 Å². The third-order valence-electron chi connectivity index (χ3n) is 11.3. The van der Waals surface area contributed by atoms with E-state index in [0.29, 0.717) is 81.0 Å². The monoisotopic (exact) mass is 739 g/mol. The average molecular weight is 740 g/mol. The Morgan fingerprint density at radius 2 is 1.61 bits per heavy atom. The molecule has 1 aromatic heterocycles. The molecular weight excluding hydrogens is 694 g/mol. The molecule has 4 aliphatic heterocycles. The molecule has 4 aliphatic rings. The molecule has 3 aromatic rings. The highest BCUT2D eigenvalue weighted by molar-refractivity contribution is 7.88. The number of piperidine rings is 3. The first-order valence-corrected chi connectivity index (χ1v) is 20.2. The standard InChI is InChI=1S/C36H46ClN7O6S/c1-51(48,49)43-17-8-26(9-18-43)25-6-13-41(14-7-25)34(45)32(22-24-20-28-23-38-40-33(28)30(37)21-24)50-36(47)42-15-11-29(12-16-42)44-19-10-27-4-2-3-5-31(27)39-35(44)46/h2-5,20-21,23,25-26,29,32H,6-19,22H2,1H3,(H,38,40)(H,39,46)/t32-/m1/s1. The molecule has 5 heterocycles. The van der Waals surface area contributed by atoms with Crippen LogP contribution in [0.15, 0.2) is 42.6 Å². The Morgan fingerprint density at radius 1 is 0.941 bits per heavy atom. The summed E-state index contributed by atoms with van der Waals surface area (Å²) in [6.45, 7) is 3.63. The predicted molar refractivity (Wildman–Crippen MR) is 194 cm³/mol. The molecule has 0 radical (unpaired) electrons. The van der Waals surface area contributed by atoms with Gasteiger partial charge in [-0.15, -0.1) is 0 Å². The minimum atomic E-state index is -3.18. The maximum absolute atomic E-state index is 14.1. The number of carbonyl (C=O) groups is 3. The number of hydrogen-bond donors (Lipinski definition) is 2. The number of likely N-dealkylation sites (tertiary alicyclic amines) is 2. The van der Waals surface area contributed by atoms with Crippen LogP contribution in [0, 0.1) is 11.8 Å². The number of hydrogen-bond acceptors (Lipinski definition) is 7. The fourth-order valence-electron chi connectivity index (χ4n) is 8.35. The van der Waals surface area contributed by atoms with Crippen molar-refractivity contribution in [2.24, 2.45) is 11.8 Å². The lowest BCUT2D eigenvalue weighted by Crippen LogP contribution is -2.52. The van der Waals surface area contributed by atoms with E-state index in [-0.39, 0.29) is 24.4 Å².